The summed E-state index contributed by atoms with van der Waals surface area (Å²) in [7, 11) is -2.95. The van der Waals surface area contributed by atoms with Crippen LogP contribution < -0.4 is 5.73 Å². The molecular weight excluding hydrogens is 229 g/mol. The minimum absolute atomic E-state index is 0.0833. The predicted molar refractivity (Wildman–Crippen MR) is 60.2 cm³/mol. The van der Waals surface area contributed by atoms with Crippen LogP contribution in [0.5, 0.6) is 0 Å². The first-order valence-electron chi connectivity index (χ1n) is 5.17. The van der Waals surface area contributed by atoms with Crippen LogP contribution in [-0.4, -0.2) is 19.9 Å². The van der Waals surface area contributed by atoms with Gasteiger partial charge in [-0.15, -0.1) is 0 Å². The van der Waals surface area contributed by atoms with Gasteiger partial charge >= 0.3 is 0 Å². The van der Waals surface area contributed by atoms with E-state index in [0.29, 0.717) is 18.4 Å². The predicted octanol–water partition coefficient (Wildman–Crippen LogP) is 1.19. The first-order valence-corrected chi connectivity index (χ1v) is 6.99. The standard InChI is InChI=1S/C11H14FNO2S/c12-10-3-1-2-9(8-10)11(13)4-6-16(14,15)7-5-11/h1-3,8H,4-7,13H2. The molecule has 1 fully saturated rings. The van der Waals surface area contributed by atoms with Crippen molar-refractivity contribution in [1.29, 1.82) is 0 Å². The zero-order valence-corrected chi connectivity index (χ0v) is 9.63. The Kier molecular flexibility index (Phi) is 2.75. The SMILES string of the molecule is NC1(c2cccc(F)c2)CCS(=O)(=O)CC1. The highest BCUT2D eigenvalue weighted by molar-refractivity contribution is 7.91. The average molecular weight is 243 g/mol. The molecule has 0 atom stereocenters. The van der Waals surface area contributed by atoms with Crippen molar-refractivity contribution in [2.24, 2.45) is 5.73 Å². The molecule has 88 valence electrons. The molecular formula is C11H14FNO2S. The first-order chi connectivity index (χ1) is 7.41. The molecule has 1 saturated heterocycles. The largest absolute Gasteiger partial charge is 0.321 e. The van der Waals surface area contributed by atoms with Crippen molar-refractivity contribution in [3.8, 4) is 0 Å². The highest BCUT2D eigenvalue weighted by atomic mass is 32.2. The summed E-state index contributed by atoms with van der Waals surface area (Å²) in [5, 5.41) is 0. The van der Waals surface area contributed by atoms with Gasteiger partial charge in [-0.1, -0.05) is 12.1 Å². The van der Waals surface area contributed by atoms with Crippen LogP contribution in [-0.2, 0) is 15.4 Å². The molecule has 0 amide bonds. The summed E-state index contributed by atoms with van der Waals surface area (Å²) in [6.07, 6.45) is 0.720. The molecule has 0 spiro atoms. The van der Waals surface area contributed by atoms with Gasteiger partial charge in [0.05, 0.1) is 11.5 Å². The highest BCUT2D eigenvalue weighted by Gasteiger charge is 2.35. The normalized spacial score (nSPS) is 22.9. The number of rotatable bonds is 1. The Labute approximate surface area is 94.4 Å². The van der Waals surface area contributed by atoms with Gasteiger partial charge in [-0.2, -0.15) is 0 Å². The van der Waals surface area contributed by atoms with E-state index in [0.717, 1.165) is 0 Å². The van der Waals surface area contributed by atoms with Gasteiger partial charge in [0.2, 0.25) is 0 Å². The molecule has 1 aromatic carbocycles. The van der Waals surface area contributed by atoms with E-state index >= 15 is 0 Å². The molecule has 1 heterocycles. The molecule has 0 aliphatic carbocycles. The average Bonchev–Trinajstić information content (AvgIpc) is 2.23. The van der Waals surface area contributed by atoms with Gasteiger partial charge in [0, 0.05) is 5.54 Å². The summed E-state index contributed by atoms with van der Waals surface area (Å²) >= 11 is 0. The van der Waals surface area contributed by atoms with Crippen LogP contribution >= 0.6 is 0 Å². The third-order valence-corrected chi connectivity index (χ3v) is 4.77. The van der Waals surface area contributed by atoms with Crippen molar-refractivity contribution in [3.63, 3.8) is 0 Å². The maximum absolute atomic E-state index is 13.1. The lowest BCUT2D eigenvalue weighted by molar-refractivity contribution is 0.394. The number of sulfone groups is 1. The Morgan fingerprint density at radius 1 is 1.25 bits per heavy atom. The molecule has 0 bridgehead atoms. The molecule has 2 N–H and O–H groups in total. The molecule has 16 heavy (non-hydrogen) atoms. The van der Waals surface area contributed by atoms with E-state index in [-0.39, 0.29) is 17.3 Å². The molecule has 1 aliphatic heterocycles. The molecule has 0 aromatic heterocycles. The molecule has 0 unspecified atom stereocenters. The highest BCUT2D eigenvalue weighted by Crippen LogP contribution is 2.31. The summed E-state index contributed by atoms with van der Waals surface area (Å²) < 4.78 is 35.7. The smallest absolute Gasteiger partial charge is 0.150 e. The van der Waals surface area contributed by atoms with Gasteiger partial charge in [-0.05, 0) is 30.5 Å². The monoisotopic (exact) mass is 243 g/mol. The molecule has 0 radical (unpaired) electrons. The maximum Gasteiger partial charge on any atom is 0.150 e. The minimum Gasteiger partial charge on any atom is -0.321 e. The van der Waals surface area contributed by atoms with Crippen molar-refractivity contribution in [3.05, 3.63) is 35.6 Å². The summed E-state index contributed by atoms with van der Waals surface area (Å²) in [5.41, 5.74) is 6.12. The van der Waals surface area contributed by atoms with Gasteiger partial charge in [-0.3, -0.25) is 0 Å². The van der Waals surface area contributed by atoms with E-state index in [1.165, 1.54) is 12.1 Å². The Bertz CT molecular complexity index is 484. The van der Waals surface area contributed by atoms with Crippen molar-refractivity contribution < 1.29 is 12.8 Å². The maximum atomic E-state index is 13.1. The topological polar surface area (TPSA) is 60.2 Å². The summed E-state index contributed by atoms with van der Waals surface area (Å²) in [5.74, 6) is -0.171. The van der Waals surface area contributed by atoms with Gasteiger partial charge in [0.15, 0.2) is 0 Å². The van der Waals surface area contributed by atoms with E-state index in [2.05, 4.69) is 0 Å². The molecule has 1 aliphatic rings. The fraction of sp³-hybridized carbons (Fsp3) is 0.455. The molecule has 2 rings (SSSR count). The lowest BCUT2D eigenvalue weighted by Crippen LogP contribution is -2.44. The van der Waals surface area contributed by atoms with Gasteiger partial charge < -0.3 is 5.73 Å². The van der Waals surface area contributed by atoms with Crippen LogP contribution in [0.15, 0.2) is 24.3 Å². The van der Waals surface area contributed by atoms with Crippen LogP contribution in [0.1, 0.15) is 18.4 Å². The second-order valence-electron chi connectivity index (χ2n) is 4.32. The summed E-state index contributed by atoms with van der Waals surface area (Å²) in [4.78, 5) is 0. The fourth-order valence-electron chi connectivity index (χ4n) is 1.99. The van der Waals surface area contributed by atoms with Crippen molar-refractivity contribution in [2.45, 2.75) is 18.4 Å². The van der Waals surface area contributed by atoms with E-state index in [4.69, 9.17) is 5.73 Å². The lowest BCUT2D eigenvalue weighted by atomic mass is 9.85. The number of hydrogen-bond donors (Lipinski definition) is 1. The van der Waals surface area contributed by atoms with E-state index in [9.17, 15) is 12.8 Å². The zero-order valence-electron chi connectivity index (χ0n) is 8.82. The number of nitrogens with two attached hydrogens (primary N) is 1. The quantitative estimate of drug-likeness (QED) is 0.806. The molecule has 5 heteroatoms. The first kappa shape index (κ1) is 11.5. The van der Waals surface area contributed by atoms with Gasteiger partial charge in [0.1, 0.15) is 15.7 Å². The number of halogens is 1. The summed E-state index contributed by atoms with van der Waals surface area (Å²) in [6, 6.07) is 6.09. The second-order valence-corrected chi connectivity index (χ2v) is 6.62. The van der Waals surface area contributed by atoms with Crippen molar-refractivity contribution in [2.75, 3.05) is 11.5 Å². The second kappa shape index (κ2) is 3.82. The fourth-order valence-corrected chi connectivity index (χ4v) is 3.54. The zero-order chi connectivity index (χ0) is 11.8. The van der Waals surface area contributed by atoms with Crippen molar-refractivity contribution in [1.82, 2.24) is 0 Å². The van der Waals surface area contributed by atoms with Crippen molar-refractivity contribution >= 4 is 9.84 Å². The van der Waals surface area contributed by atoms with Crippen LogP contribution in [0, 0.1) is 5.82 Å². The van der Waals surface area contributed by atoms with E-state index in [1.54, 1.807) is 12.1 Å². The molecule has 3 nitrogen and oxygen atoms in total. The van der Waals surface area contributed by atoms with Gasteiger partial charge in [0.25, 0.3) is 0 Å². The van der Waals surface area contributed by atoms with Crippen LogP contribution in [0.25, 0.3) is 0 Å². The number of hydrogen-bond acceptors (Lipinski definition) is 3. The van der Waals surface area contributed by atoms with Crippen LogP contribution in [0.4, 0.5) is 4.39 Å². The Balaban J connectivity index is 2.28. The third kappa shape index (κ3) is 2.25. The Hall–Kier alpha value is -0.940. The van der Waals surface area contributed by atoms with E-state index in [1.807, 2.05) is 0 Å². The lowest BCUT2D eigenvalue weighted by Gasteiger charge is -2.33. The Morgan fingerprint density at radius 3 is 2.44 bits per heavy atom. The summed E-state index contributed by atoms with van der Waals surface area (Å²) in [6.45, 7) is 0. The molecule has 0 saturated carbocycles. The minimum atomic E-state index is -2.95. The van der Waals surface area contributed by atoms with Crippen LogP contribution in [0.3, 0.4) is 0 Å². The van der Waals surface area contributed by atoms with Gasteiger partial charge in [-0.25, -0.2) is 12.8 Å². The molecule has 1 aromatic rings. The van der Waals surface area contributed by atoms with E-state index < -0.39 is 15.4 Å². The third-order valence-electron chi connectivity index (χ3n) is 3.12. The van der Waals surface area contributed by atoms with Crippen LogP contribution in [0.2, 0.25) is 0 Å². The Morgan fingerprint density at radius 2 is 1.88 bits per heavy atom. The number of benzene rings is 1.